The van der Waals surface area contributed by atoms with Crippen LogP contribution < -0.4 is 0 Å². The molecule has 1 aliphatic rings. The van der Waals surface area contributed by atoms with Gasteiger partial charge in [0.05, 0.1) is 5.54 Å². The van der Waals surface area contributed by atoms with Crippen LogP contribution in [-0.4, -0.2) is 21.7 Å². The number of amides is 1. The van der Waals surface area contributed by atoms with E-state index in [-0.39, 0.29) is 11.4 Å². The van der Waals surface area contributed by atoms with Crippen molar-refractivity contribution in [3.05, 3.63) is 0 Å². The fourth-order valence-corrected chi connectivity index (χ4v) is 1.73. The zero-order chi connectivity index (χ0) is 8.65. The lowest BCUT2D eigenvalue weighted by Gasteiger charge is -2.39. The highest BCUT2D eigenvalue weighted by Crippen LogP contribution is 2.30. The third-order valence-corrected chi connectivity index (χ3v) is 2.18. The number of nitrogens with zero attached hydrogens (tertiary/aromatic N) is 1. The normalized spacial score (nSPS) is 30.7. The molecule has 0 saturated carbocycles. The van der Waals surface area contributed by atoms with Crippen LogP contribution >= 0.6 is 0 Å². The number of hydroxylamine groups is 2. The van der Waals surface area contributed by atoms with Gasteiger partial charge >= 0.3 is 0 Å². The van der Waals surface area contributed by atoms with Crippen LogP contribution in [0.3, 0.4) is 0 Å². The standard InChI is InChI=1S/C8H15NO2/c1-6-4-7(10)9(11)8(2,3)5-6/h6,11H,4-5H2,1-3H3. The van der Waals surface area contributed by atoms with Gasteiger partial charge in [-0.1, -0.05) is 6.92 Å². The molecule has 1 unspecified atom stereocenters. The molecule has 1 aliphatic heterocycles. The van der Waals surface area contributed by atoms with Gasteiger partial charge < -0.3 is 0 Å². The quantitative estimate of drug-likeness (QED) is 0.540. The molecule has 0 radical (unpaired) electrons. The van der Waals surface area contributed by atoms with E-state index in [0.717, 1.165) is 11.5 Å². The number of carbonyl (C=O) groups excluding carboxylic acids is 1. The Kier molecular flexibility index (Phi) is 1.92. The summed E-state index contributed by atoms with van der Waals surface area (Å²) in [6.45, 7) is 5.79. The molecule has 0 aromatic heterocycles. The molecular formula is C8H15NO2. The number of rotatable bonds is 0. The first-order valence-corrected chi connectivity index (χ1v) is 3.95. The van der Waals surface area contributed by atoms with Gasteiger partial charge in [-0.2, -0.15) is 0 Å². The summed E-state index contributed by atoms with van der Waals surface area (Å²) < 4.78 is 0. The van der Waals surface area contributed by atoms with Gasteiger partial charge in [0, 0.05) is 6.42 Å². The summed E-state index contributed by atoms with van der Waals surface area (Å²) in [6.07, 6.45) is 1.34. The molecule has 1 heterocycles. The highest BCUT2D eigenvalue weighted by molar-refractivity contribution is 5.76. The molecule has 0 aromatic rings. The molecule has 0 aromatic carbocycles. The van der Waals surface area contributed by atoms with Gasteiger partial charge in [-0.05, 0) is 26.2 Å². The minimum absolute atomic E-state index is 0.159. The topological polar surface area (TPSA) is 40.5 Å². The Hall–Kier alpha value is -0.570. The summed E-state index contributed by atoms with van der Waals surface area (Å²) in [5.41, 5.74) is -0.380. The lowest BCUT2D eigenvalue weighted by molar-refractivity contribution is -0.201. The van der Waals surface area contributed by atoms with Gasteiger partial charge in [-0.25, -0.2) is 5.06 Å². The molecule has 0 spiro atoms. The predicted molar refractivity (Wildman–Crippen MR) is 41.1 cm³/mol. The predicted octanol–water partition coefficient (Wildman–Crippen LogP) is 1.41. The molecule has 1 N–H and O–H groups in total. The van der Waals surface area contributed by atoms with Crippen LogP contribution in [0.4, 0.5) is 0 Å². The van der Waals surface area contributed by atoms with E-state index in [1.54, 1.807) is 0 Å². The Balaban J connectivity index is 2.75. The minimum Gasteiger partial charge on any atom is -0.285 e. The molecule has 0 bridgehead atoms. The molecule has 64 valence electrons. The molecule has 1 saturated heterocycles. The third-order valence-electron chi connectivity index (χ3n) is 2.18. The van der Waals surface area contributed by atoms with Crippen LogP contribution in [0.2, 0.25) is 0 Å². The smallest absolute Gasteiger partial charge is 0.246 e. The lowest BCUT2D eigenvalue weighted by atomic mass is 9.85. The lowest BCUT2D eigenvalue weighted by Crippen LogP contribution is -2.50. The average Bonchev–Trinajstić information content (AvgIpc) is 1.81. The number of carbonyl (C=O) groups is 1. The second-order valence-corrected chi connectivity index (χ2v) is 4.03. The Labute approximate surface area is 67.0 Å². The van der Waals surface area contributed by atoms with Gasteiger partial charge in [0.25, 0.3) is 0 Å². The van der Waals surface area contributed by atoms with Gasteiger partial charge in [-0.15, -0.1) is 0 Å². The first kappa shape index (κ1) is 8.53. The largest absolute Gasteiger partial charge is 0.285 e. The molecule has 0 aliphatic carbocycles. The first-order valence-electron chi connectivity index (χ1n) is 3.95. The highest BCUT2D eigenvalue weighted by atomic mass is 16.5. The Morgan fingerprint density at radius 3 is 2.64 bits per heavy atom. The van der Waals surface area contributed by atoms with Crippen molar-refractivity contribution < 1.29 is 10.0 Å². The summed E-state index contributed by atoms with van der Waals surface area (Å²) in [6, 6.07) is 0. The first-order chi connectivity index (χ1) is 4.93. The second-order valence-electron chi connectivity index (χ2n) is 4.03. The summed E-state index contributed by atoms with van der Waals surface area (Å²) in [4.78, 5) is 11.1. The number of hydrogen-bond acceptors (Lipinski definition) is 2. The van der Waals surface area contributed by atoms with Crippen LogP contribution in [0, 0.1) is 5.92 Å². The number of piperidine rings is 1. The molecule has 1 fully saturated rings. The maximum atomic E-state index is 11.1. The zero-order valence-electron chi connectivity index (χ0n) is 7.29. The summed E-state index contributed by atoms with van der Waals surface area (Å²) in [5.74, 6) is 0.231. The van der Waals surface area contributed by atoms with Gasteiger partial charge in [0.1, 0.15) is 0 Å². The van der Waals surface area contributed by atoms with Gasteiger partial charge in [0.2, 0.25) is 5.91 Å². The van der Waals surface area contributed by atoms with E-state index in [9.17, 15) is 10.0 Å². The molecular weight excluding hydrogens is 142 g/mol. The average molecular weight is 157 g/mol. The van der Waals surface area contributed by atoms with E-state index in [1.165, 1.54) is 0 Å². The fraction of sp³-hybridized carbons (Fsp3) is 0.875. The van der Waals surface area contributed by atoms with Crippen molar-refractivity contribution in [3.63, 3.8) is 0 Å². The number of hydrogen-bond donors (Lipinski definition) is 1. The van der Waals surface area contributed by atoms with Crippen LogP contribution in [-0.2, 0) is 4.79 Å². The Morgan fingerprint density at radius 2 is 2.18 bits per heavy atom. The van der Waals surface area contributed by atoms with Crippen LogP contribution in [0.25, 0.3) is 0 Å². The third kappa shape index (κ3) is 1.53. The van der Waals surface area contributed by atoms with E-state index < -0.39 is 0 Å². The van der Waals surface area contributed by atoms with E-state index in [0.29, 0.717) is 12.3 Å². The van der Waals surface area contributed by atoms with Crippen molar-refractivity contribution in [1.29, 1.82) is 0 Å². The van der Waals surface area contributed by atoms with Crippen LogP contribution in [0.1, 0.15) is 33.6 Å². The van der Waals surface area contributed by atoms with Crippen molar-refractivity contribution in [2.45, 2.75) is 39.2 Å². The molecule has 3 nitrogen and oxygen atoms in total. The van der Waals surface area contributed by atoms with Crippen LogP contribution in [0.15, 0.2) is 0 Å². The minimum atomic E-state index is -0.380. The second kappa shape index (κ2) is 2.48. The van der Waals surface area contributed by atoms with Gasteiger partial charge in [-0.3, -0.25) is 10.0 Å². The summed E-state index contributed by atoms with van der Waals surface area (Å²) in [5, 5.41) is 10.2. The van der Waals surface area contributed by atoms with Crippen molar-refractivity contribution in [2.24, 2.45) is 5.92 Å². The van der Waals surface area contributed by atoms with Gasteiger partial charge in [0.15, 0.2) is 0 Å². The maximum Gasteiger partial charge on any atom is 0.246 e. The van der Waals surface area contributed by atoms with Crippen molar-refractivity contribution in [1.82, 2.24) is 5.06 Å². The zero-order valence-corrected chi connectivity index (χ0v) is 7.29. The fourth-order valence-electron chi connectivity index (χ4n) is 1.73. The van der Waals surface area contributed by atoms with E-state index in [2.05, 4.69) is 0 Å². The summed E-state index contributed by atoms with van der Waals surface area (Å²) >= 11 is 0. The molecule has 11 heavy (non-hydrogen) atoms. The SMILES string of the molecule is CC1CC(=O)N(O)C(C)(C)C1. The van der Waals surface area contributed by atoms with Crippen molar-refractivity contribution in [2.75, 3.05) is 0 Å². The molecule has 1 rings (SSSR count). The monoisotopic (exact) mass is 157 g/mol. The van der Waals surface area contributed by atoms with E-state index >= 15 is 0 Å². The molecule has 1 atom stereocenters. The molecule has 1 amide bonds. The summed E-state index contributed by atoms with van der Waals surface area (Å²) in [7, 11) is 0. The van der Waals surface area contributed by atoms with Crippen molar-refractivity contribution in [3.8, 4) is 0 Å². The van der Waals surface area contributed by atoms with E-state index in [1.807, 2.05) is 20.8 Å². The van der Waals surface area contributed by atoms with E-state index in [4.69, 9.17) is 0 Å². The Morgan fingerprint density at radius 1 is 1.64 bits per heavy atom. The van der Waals surface area contributed by atoms with Crippen LogP contribution in [0.5, 0.6) is 0 Å². The molecule has 3 heteroatoms. The Bertz CT molecular complexity index is 177. The maximum absolute atomic E-state index is 11.1. The van der Waals surface area contributed by atoms with Crippen molar-refractivity contribution >= 4 is 5.91 Å². The highest BCUT2D eigenvalue weighted by Gasteiger charge is 2.37.